The highest BCUT2D eigenvalue weighted by atomic mass is 15.2. The maximum absolute atomic E-state index is 2.55. The molecule has 0 N–H and O–H groups in total. The fourth-order valence-electron chi connectivity index (χ4n) is 9.08. The molecule has 0 unspecified atom stereocenters. The Labute approximate surface area is 280 Å². The van der Waals surface area contributed by atoms with Gasteiger partial charge in [0.1, 0.15) is 0 Å². The molecule has 0 fully saturated rings. The summed E-state index contributed by atoms with van der Waals surface area (Å²) in [6.45, 7) is 0. The van der Waals surface area contributed by atoms with Crippen LogP contribution in [0.15, 0.2) is 164 Å². The van der Waals surface area contributed by atoms with Crippen LogP contribution in [0.25, 0.3) is 87.0 Å². The van der Waals surface area contributed by atoms with Crippen molar-refractivity contribution in [3.63, 3.8) is 0 Å². The molecule has 4 heterocycles. The van der Waals surface area contributed by atoms with Crippen LogP contribution in [0.4, 0.5) is 17.1 Å². The van der Waals surface area contributed by atoms with Gasteiger partial charge < -0.3 is 13.7 Å². The minimum absolute atomic E-state index is 1.14. The molecule has 0 aliphatic rings. The van der Waals surface area contributed by atoms with Crippen molar-refractivity contribution in [2.75, 3.05) is 4.90 Å². The van der Waals surface area contributed by atoms with Gasteiger partial charge in [-0.2, -0.15) is 0 Å². The van der Waals surface area contributed by atoms with Gasteiger partial charge in [0.2, 0.25) is 0 Å². The number of benzene rings is 8. The van der Waals surface area contributed by atoms with Gasteiger partial charge in [-0.25, -0.2) is 0 Å². The number of anilines is 3. The predicted octanol–water partition coefficient (Wildman–Crippen LogP) is 12.6. The number of aromatic nitrogens is 2. The highest BCUT2D eigenvalue weighted by Crippen LogP contribution is 2.50. The molecule has 0 saturated heterocycles. The van der Waals surface area contributed by atoms with Gasteiger partial charge in [-0.1, -0.05) is 109 Å². The van der Waals surface area contributed by atoms with Crippen LogP contribution in [0, 0.1) is 0 Å². The lowest BCUT2D eigenvalue weighted by Crippen LogP contribution is -2.10. The molecule has 0 bridgehead atoms. The Morgan fingerprint density at radius 2 is 0.918 bits per heavy atom. The van der Waals surface area contributed by atoms with Crippen LogP contribution in [0.2, 0.25) is 0 Å². The van der Waals surface area contributed by atoms with E-state index in [1.165, 1.54) is 87.0 Å². The second-order valence-electron chi connectivity index (χ2n) is 13.3. The Morgan fingerprint density at radius 3 is 1.69 bits per heavy atom. The van der Waals surface area contributed by atoms with Crippen molar-refractivity contribution < 1.29 is 0 Å². The Kier molecular flexibility index (Phi) is 4.72. The Hall–Kier alpha value is -6.58. The molecule has 0 radical (unpaired) electrons. The molecular formula is C46H27N3. The van der Waals surface area contributed by atoms with Crippen LogP contribution >= 0.6 is 0 Å². The Bertz CT molecular complexity index is 3220. The number of nitrogens with zero attached hydrogens (tertiary/aromatic N) is 3. The number of hydrogen-bond donors (Lipinski definition) is 0. The summed E-state index contributed by atoms with van der Waals surface area (Å²) < 4.78 is 5.07. The van der Waals surface area contributed by atoms with Crippen molar-refractivity contribution in [3.05, 3.63) is 164 Å². The number of para-hydroxylation sites is 5. The maximum Gasteiger partial charge on any atom is 0.0782 e. The van der Waals surface area contributed by atoms with Crippen LogP contribution in [0.1, 0.15) is 0 Å². The monoisotopic (exact) mass is 621 g/mol. The first-order valence-corrected chi connectivity index (χ1v) is 17.0. The molecule has 0 aliphatic heterocycles. The Balaban J connectivity index is 1.32. The first-order chi connectivity index (χ1) is 24.4. The van der Waals surface area contributed by atoms with Crippen molar-refractivity contribution >= 4 is 104 Å². The predicted molar refractivity (Wildman–Crippen MR) is 208 cm³/mol. The minimum Gasteiger partial charge on any atom is -0.308 e. The highest BCUT2D eigenvalue weighted by molar-refractivity contribution is 6.39. The van der Waals surface area contributed by atoms with Crippen molar-refractivity contribution in [2.24, 2.45) is 0 Å². The summed E-state index contributed by atoms with van der Waals surface area (Å²) in [5, 5.41) is 13.1. The average Bonchev–Trinajstić information content (AvgIpc) is 3.89. The van der Waals surface area contributed by atoms with Crippen molar-refractivity contribution in [1.29, 1.82) is 0 Å². The first kappa shape index (κ1) is 25.5. The summed E-state index contributed by atoms with van der Waals surface area (Å²) in [6.07, 6.45) is 0. The van der Waals surface area contributed by atoms with E-state index >= 15 is 0 Å². The van der Waals surface area contributed by atoms with E-state index in [2.05, 4.69) is 177 Å². The molecule has 0 spiro atoms. The van der Waals surface area contributed by atoms with Gasteiger partial charge in [0.15, 0.2) is 0 Å². The fraction of sp³-hybridized carbons (Fsp3) is 0. The highest BCUT2D eigenvalue weighted by Gasteiger charge is 2.27. The third-order valence-corrected chi connectivity index (χ3v) is 10.9. The van der Waals surface area contributed by atoms with E-state index < -0.39 is 0 Å². The van der Waals surface area contributed by atoms with Gasteiger partial charge in [-0.15, -0.1) is 0 Å². The molecular weight excluding hydrogens is 595 g/mol. The smallest absolute Gasteiger partial charge is 0.0782 e. The summed E-state index contributed by atoms with van der Waals surface area (Å²) in [4.78, 5) is 2.40. The summed E-state index contributed by atoms with van der Waals surface area (Å²) in [5.41, 5.74) is 11.0. The number of rotatable bonds is 3. The van der Waals surface area contributed by atoms with E-state index in [-0.39, 0.29) is 0 Å². The van der Waals surface area contributed by atoms with Crippen LogP contribution in [-0.4, -0.2) is 8.80 Å². The number of hydrogen-bond acceptors (Lipinski definition) is 1. The van der Waals surface area contributed by atoms with Crippen molar-refractivity contribution in [2.45, 2.75) is 0 Å². The summed E-state index contributed by atoms with van der Waals surface area (Å²) in [7, 11) is 0. The lowest BCUT2D eigenvalue weighted by Gasteiger charge is -2.26. The SMILES string of the molecule is c1ccc(N(c2ccccc2)c2cccc3c4cccc5c6c7c8c9ccccc9cc9c%10ccccc%10n(c7ccc6n(c23)c45)c98)cc1. The van der Waals surface area contributed by atoms with Gasteiger partial charge in [-0.3, -0.25) is 0 Å². The van der Waals surface area contributed by atoms with E-state index in [4.69, 9.17) is 0 Å². The third kappa shape index (κ3) is 3.09. The van der Waals surface area contributed by atoms with E-state index in [0.29, 0.717) is 0 Å². The van der Waals surface area contributed by atoms with E-state index in [1.54, 1.807) is 0 Å². The van der Waals surface area contributed by atoms with Crippen LogP contribution in [0.3, 0.4) is 0 Å². The second-order valence-corrected chi connectivity index (χ2v) is 13.3. The summed E-state index contributed by atoms with van der Waals surface area (Å²) in [5.74, 6) is 0. The molecule has 3 heteroatoms. The fourth-order valence-corrected chi connectivity index (χ4v) is 9.08. The maximum atomic E-state index is 2.55. The van der Waals surface area contributed by atoms with Crippen LogP contribution < -0.4 is 4.90 Å². The molecule has 4 aromatic heterocycles. The second kappa shape index (κ2) is 9.06. The molecule has 8 aromatic carbocycles. The molecule has 0 saturated carbocycles. The first-order valence-electron chi connectivity index (χ1n) is 17.0. The van der Waals surface area contributed by atoms with Gasteiger partial charge in [0, 0.05) is 54.5 Å². The molecule has 49 heavy (non-hydrogen) atoms. The van der Waals surface area contributed by atoms with Crippen molar-refractivity contribution in [3.8, 4) is 0 Å². The van der Waals surface area contributed by atoms with Gasteiger partial charge in [0.05, 0.1) is 38.8 Å². The zero-order valence-electron chi connectivity index (χ0n) is 26.4. The van der Waals surface area contributed by atoms with Crippen LogP contribution in [-0.2, 0) is 0 Å². The summed E-state index contributed by atoms with van der Waals surface area (Å²) in [6, 6.07) is 60.1. The lowest BCUT2D eigenvalue weighted by molar-refractivity contribution is 1.27. The lowest BCUT2D eigenvalue weighted by atomic mass is 9.97. The Morgan fingerprint density at radius 1 is 0.327 bits per heavy atom. The van der Waals surface area contributed by atoms with Gasteiger partial charge >= 0.3 is 0 Å². The van der Waals surface area contributed by atoms with E-state index in [9.17, 15) is 0 Å². The molecule has 0 aliphatic carbocycles. The molecule has 226 valence electrons. The third-order valence-electron chi connectivity index (χ3n) is 10.9. The molecule has 0 amide bonds. The van der Waals surface area contributed by atoms with Gasteiger partial charge in [-0.05, 0) is 65.4 Å². The number of fused-ring (bicyclic) bond motifs is 15. The van der Waals surface area contributed by atoms with E-state index in [1.807, 2.05) is 0 Å². The molecule has 12 rings (SSSR count). The topological polar surface area (TPSA) is 12.1 Å². The zero-order chi connectivity index (χ0) is 31.8. The zero-order valence-corrected chi connectivity index (χ0v) is 26.4. The van der Waals surface area contributed by atoms with Gasteiger partial charge in [0.25, 0.3) is 0 Å². The quantitative estimate of drug-likeness (QED) is 0.191. The standard InChI is InChI=1S/C46H27N3/c1-3-14-29(15-4-1)47(30-16-5-2-6-17-30)40-24-12-21-34-33-20-11-22-35-41-38(49(44(33)35)45(34)40)25-26-39-43(41)42-31-18-8-7-13-28(31)27-36-32-19-9-10-23-37(32)48(39)46(36)42/h1-27H. The normalized spacial score (nSPS) is 12.5. The molecule has 12 aromatic rings. The average molecular weight is 622 g/mol. The largest absolute Gasteiger partial charge is 0.308 e. The molecule has 3 nitrogen and oxygen atoms in total. The molecule has 0 atom stereocenters. The summed E-state index contributed by atoms with van der Waals surface area (Å²) >= 11 is 0. The van der Waals surface area contributed by atoms with Crippen LogP contribution in [0.5, 0.6) is 0 Å². The van der Waals surface area contributed by atoms with E-state index in [0.717, 1.165) is 17.1 Å². The minimum atomic E-state index is 1.14. The van der Waals surface area contributed by atoms with Crippen molar-refractivity contribution in [1.82, 2.24) is 8.80 Å².